The van der Waals surface area contributed by atoms with Gasteiger partial charge in [-0.15, -0.1) is 0 Å². The fourth-order valence-corrected chi connectivity index (χ4v) is 2.87. The molecule has 1 amide bonds. The summed E-state index contributed by atoms with van der Waals surface area (Å²) in [4.78, 5) is 14.2. The zero-order valence-electron chi connectivity index (χ0n) is 10.9. The molecule has 2 aromatic carbocycles. The highest BCUT2D eigenvalue weighted by Gasteiger charge is 2.33. The van der Waals surface area contributed by atoms with E-state index >= 15 is 0 Å². The molecule has 1 fully saturated rings. The summed E-state index contributed by atoms with van der Waals surface area (Å²) in [6.45, 7) is 0. The maximum absolute atomic E-state index is 13.0. The van der Waals surface area contributed by atoms with E-state index < -0.39 is 0 Å². The first-order valence-corrected chi connectivity index (χ1v) is 7.10. The van der Waals surface area contributed by atoms with Crippen LogP contribution in [-0.2, 0) is 4.79 Å². The molecule has 0 aliphatic carbocycles. The van der Waals surface area contributed by atoms with Gasteiger partial charge in [0.15, 0.2) is 5.17 Å². The summed E-state index contributed by atoms with van der Waals surface area (Å²) in [5.41, 5.74) is 1.40. The van der Waals surface area contributed by atoms with Crippen LogP contribution in [0.5, 0.6) is 0 Å². The molecule has 0 atom stereocenters. The minimum Gasteiger partial charge on any atom is -0.278 e. The zero-order chi connectivity index (χ0) is 14.8. The molecule has 1 saturated heterocycles. The Morgan fingerprint density at radius 3 is 2.38 bits per heavy atom. The molecule has 0 radical (unpaired) electrons. The normalized spacial score (nSPS) is 16.8. The van der Waals surface area contributed by atoms with Crippen molar-refractivity contribution < 1.29 is 9.18 Å². The zero-order valence-corrected chi connectivity index (χ0v) is 11.7. The number of carbonyl (C=O) groups excluding carboxylic acids is 1. The molecule has 0 unspecified atom stereocenters. The van der Waals surface area contributed by atoms with Gasteiger partial charge in [0, 0.05) is 0 Å². The molecule has 0 saturated carbocycles. The molecule has 3 rings (SSSR count). The van der Waals surface area contributed by atoms with Gasteiger partial charge in [-0.2, -0.15) is 0 Å². The Morgan fingerprint density at radius 1 is 1.05 bits per heavy atom. The van der Waals surface area contributed by atoms with Gasteiger partial charge in [-0.1, -0.05) is 30.3 Å². The second-order valence-electron chi connectivity index (χ2n) is 4.44. The van der Waals surface area contributed by atoms with Crippen molar-refractivity contribution in [1.82, 2.24) is 0 Å². The largest absolute Gasteiger partial charge is 0.278 e. The number of thioether (sulfide) groups is 1. The third kappa shape index (κ3) is 2.73. The van der Waals surface area contributed by atoms with Crippen molar-refractivity contribution in [3.8, 4) is 0 Å². The van der Waals surface area contributed by atoms with Crippen molar-refractivity contribution in [1.29, 1.82) is 5.41 Å². The first-order chi connectivity index (χ1) is 10.1. The van der Waals surface area contributed by atoms with Crippen molar-refractivity contribution in [2.24, 2.45) is 0 Å². The van der Waals surface area contributed by atoms with Crippen molar-refractivity contribution in [3.05, 3.63) is 70.9 Å². The first-order valence-electron chi connectivity index (χ1n) is 6.28. The van der Waals surface area contributed by atoms with E-state index in [1.54, 1.807) is 6.08 Å². The van der Waals surface area contributed by atoms with Gasteiger partial charge in [0.2, 0.25) is 0 Å². The van der Waals surface area contributed by atoms with Gasteiger partial charge in [-0.25, -0.2) is 4.39 Å². The van der Waals surface area contributed by atoms with Crippen LogP contribution in [0.1, 0.15) is 5.56 Å². The number of rotatable bonds is 2. The van der Waals surface area contributed by atoms with Gasteiger partial charge in [0.25, 0.3) is 5.91 Å². The number of amides is 1. The molecule has 5 heteroatoms. The van der Waals surface area contributed by atoms with Crippen LogP contribution >= 0.6 is 11.8 Å². The molecule has 1 aliphatic heterocycles. The molecular formula is C16H11FN2OS. The van der Waals surface area contributed by atoms with E-state index in [2.05, 4.69) is 0 Å². The summed E-state index contributed by atoms with van der Waals surface area (Å²) in [6.07, 6.45) is 1.76. The highest BCUT2D eigenvalue weighted by Crippen LogP contribution is 2.35. The molecule has 104 valence electrons. The number of benzene rings is 2. The van der Waals surface area contributed by atoms with Crippen LogP contribution in [0.2, 0.25) is 0 Å². The van der Waals surface area contributed by atoms with Crippen molar-refractivity contribution in [2.75, 3.05) is 4.90 Å². The van der Waals surface area contributed by atoms with Gasteiger partial charge in [0.1, 0.15) is 5.82 Å². The van der Waals surface area contributed by atoms with Crippen LogP contribution in [-0.4, -0.2) is 11.1 Å². The first kappa shape index (κ1) is 13.6. The Labute approximate surface area is 125 Å². The summed E-state index contributed by atoms with van der Waals surface area (Å²) < 4.78 is 13.0. The third-order valence-electron chi connectivity index (χ3n) is 3.01. The number of nitrogens with zero attached hydrogens (tertiary/aromatic N) is 1. The average molecular weight is 298 g/mol. The minimum absolute atomic E-state index is 0.119. The Kier molecular flexibility index (Phi) is 3.58. The van der Waals surface area contributed by atoms with Crippen LogP contribution in [0.25, 0.3) is 6.08 Å². The van der Waals surface area contributed by atoms with Crippen molar-refractivity contribution >= 4 is 34.6 Å². The lowest BCUT2D eigenvalue weighted by molar-refractivity contribution is -0.113. The second kappa shape index (κ2) is 5.54. The van der Waals surface area contributed by atoms with Crippen LogP contribution in [0.4, 0.5) is 10.1 Å². The molecule has 1 aliphatic rings. The van der Waals surface area contributed by atoms with E-state index in [4.69, 9.17) is 5.41 Å². The van der Waals surface area contributed by atoms with E-state index in [0.29, 0.717) is 10.6 Å². The summed E-state index contributed by atoms with van der Waals surface area (Å²) in [5.74, 6) is -0.634. The number of carbonyl (C=O) groups is 1. The highest BCUT2D eigenvalue weighted by molar-refractivity contribution is 8.19. The Hall–Kier alpha value is -2.40. The molecule has 1 heterocycles. The van der Waals surface area contributed by atoms with Gasteiger partial charge >= 0.3 is 0 Å². The van der Waals surface area contributed by atoms with Crippen molar-refractivity contribution in [3.63, 3.8) is 0 Å². The van der Waals surface area contributed by atoms with Gasteiger partial charge < -0.3 is 0 Å². The molecule has 0 aromatic heterocycles. The summed E-state index contributed by atoms with van der Waals surface area (Å²) in [5, 5.41) is 8.08. The SMILES string of the molecule is N=C1SC(=Cc2ccccc2)C(=O)N1c1ccc(F)cc1. The van der Waals surface area contributed by atoms with Crippen LogP contribution in [0.3, 0.4) is 0 Å². The Bertz CT molecular complexity index is 726. The molecule has 2 aromatic rings. The predicted octanol–water partition coefficient (Wildman–Crippen LogP) is 3.88. The fraction of sp³-hybridized carbons (Fsp3) is 0. The van der Waals surface area contributed by atoms with Gasteiger partial charge in [-0.05, 0) is 47.7 Å². The van der Waals surface area contributed by atoms with Crippen molar-refractivity contribution in [2.45, 2.75) is 0 Å². The van der Waals surface area contributed by atoms with Crippen LogP contribution in [0.15, 0.2) is 59.5 Å². The molecule has 0 spiro atoms. The maximum atomic E-state index is 13.0. The monoisotopic (exact) mass is 298 g/mol. The molecule has 1 N–H and O–H groups in total. The highest BCUT2D eigenvalue weighted by atomic mass is 32.2. The van der Waals surface area contributed by atoms with E-state index in [9.17, 15) is 9.18 Å². The maximum Gasteiger partial charge on any atom is 0.271 e. The van der Waals surface area contributed by atoms with E-state index in [1.807, 2.05) is 30.3 Å². The number of nitrogens with one attached hydrogen (secondary N) is 1. The lowest BCUT2D eigenvalue weighted by atomic mass is 10.2. The quantitative estimate of drug-likeness (QED) is 0.855. The fourth-order valence-electron chi connectivity index (χ4n) is 2.01. The Morgan fingerprint density at radius 2 is 1.71 bits per heavy atom. The number of hydrogen-bond acceptors (Lipinski definition) is 3. The Balaban J connectivity index is 1.92. The number of amidine groups is 1. The lowest BCUT2D eigenvalue weighted by Gasteiger charge is -2.13. The summed E-state index contributed by atoms with van der Waals surface area (Å²) >= 11 is 1.10. The smallest absolute Gasteiger partial charge is 0.271 e. The third-order valence-corrected chi connectivity index (χ3v) is 3.89. The van der Waals surface area contributed by atoms with Gasteiger partial charge in [-0.3, -0.25) is 15.1 Å². The van der Waals surface area contributed by atoms with Crippen LogP contribution in [0, 0.1) is 11.2 Å². The van der Waals surface area contributed by atoms with E-state index in [-0.39, 0.29) is 16.9 Å². The number of hydrogen-bond donors (Lipinski definition) is 1. The molecular weight excluding hydrogens is 287 g/mol. The van der Waals surface area contributed by atoms with Crippen LogP contribution < -0.4 is 4.90 Å². The topological polar surface area (TPSA) is 44.2 Å². The second-order valence-corrected chi connectivity index (χ2v) is 5.47. The van der Waals surface area contributed by atoms with E-state index in [0.717, 1.165) is 17.3 Å². The standard InChI is InChI=1S/C16H11FN2OS/c17-12-6-8-13(9-7-12)19-15(20)14(21-16(19)18)10-11-4-2-1-3-5-11/h1-10,18H. The average Bonchev–Trinajstić information content (AvgIpc) is 2.76. The van der Waals surface area contributed by atoms with E-state index in [1.165, 1.54) is 29.2 Å². The molecule has 0 bridgehead atoms. The lowest BCUT2D eigenvalue weighted by Crippen LogP contribution is -2.28. The molecule has 21 heavy (non-hydrogen) atoms. The van der Waals surface area contributed by atoms with Gasteiger partial charge in [0.05, 0.1) is 10.6 Å². The summed E-state index contributed by atoms with van der Waals surface area (Å²) in [7, 11) is 0. The number of anilines is 1. The number of halogens is 1. The predicted molar refractivity (Wildman–Crippen MR) is 83.6 cm³/mol. The minimum atomic E-state index is -0.371. The summed E-state index contributed by atoms with van der Waals surface area (Å²) in [6, 6.07) is 15.0. The molecule has 3 nitrogen and oxygen atoms in total.